The van der Waals surface area contributed by atoms with Crippen molar-refractivity contribution in [3.63, 3.8) is 0 Å². The van der Waals surface area contributed by atoms with Crippen LogP contribution in [0.5, 0.6) is 0 Å². The van der Waals surface area contributed by atoms with Crippen LogP contribution < -0.4 is 10.6 Å². The van der Waals surface area contributed by atoms with E-state index in [9.17, 15) is 0 Å². The molecule has 5 nitrogen and oxygen atoms in total. The molecule has 1 aliphatic rings. The van der Waals surface area contributed by atoms with Gasteiger partial charge in [0.25, 0.3) is 0 Å². The Hall–Kier alpha value is -0.910. The Balaban J connectivity index is 1.62. The van der Waals surface area contributed by atoms with Gasteiger partial charge >= 0.3 is 0 Å². The third kappa shape index (κ3) is 4.46. The van der Waals surface area contributed by atoms with Crippen LogP contribution in [-0.4, -0.2) is 42.3 Å². The van der Waals surface area contributed by atoms with Crippen LogP contribution in [0.25, 0.3) is 0 Å². The highest BCUT2D eigenvalue weighted by molar-refractivity contribution is 6.29. The third-order valence-corrected chi connectivity index (χ3v) is 2.84. The van der Waals surface area contributed by atoms with E-state index in [0.717, 1.165) is 32.5 Å². The molecule has 2 rings (SSSR count). The maximum Gasteiger partial charge on any atom is 0.149 e. The molecule has 2 N–H and O–H groups in total. The van der Waals surface area contributed by atoms with Gasteiger partial charge in [-0.2, -0.15) is 0 Å². The molecular weight excluding hydrogens is 240 g/mol. The van der Waals surface area contributed by atoms with Crippen molar-refractivity contribution in [2.45, 2.75) is 18.9 Å². The van der Waals surface area contributed by atoms with Crippen LogP contribution in [0.2, 0.25) is 5.15 Å². The molecular formula is C11H17ClN4O. The van der Waals surface area contributed by atoms with Gasteiger partial charge in [0, 0.05) is 6.54 Å². The summed E-state index contributed by atoms with van der Waals surface area (Å²) in [5, 5.41) is 6.83. The average molecular weight is 257 g/mol. The van der Waals surface area contributed by atoms with Crippen LogP contribution in [0.3, 0.4) is 0 Å². The number of anilines is 1. The predicted octanol–water partition coefficient (Wildman–Crippen LogP) is 1.31. The number of ether oxygens (including phenoxy) is 1. The van der Waals surface area contributed by atoms with Gasteiger partial charge < -0.3 is 15.4 Å². The number of halogens is 1. The van der Waals surface area contributed by atoms with Crippen LogP contribution in [0.1, 0.15) is 12.8 Å². The lowest BCUT2D eigenvalue weighted by Gasteiger charge is -2.22. The molecule has 0 unspecified atom stereocenters. The summed E-state index contributed by atoms with van der Waals surface area (Å²) in [6, 6.07) is 0. The van der Waals surface area contributed by atoms with E-state index in [1.807, 2.05) is 0 Å². The van der Waals surface area contributed by atoms with Gasteiger partial charge in [0.15, 0.2) is 0 Å². The van der Waals surface area contributed by atoms with E-state index in [4.69, 9.17) is 16.3 Å². The van der Waals surface area contributed by atoms with Crippen LogP contribution in [0, 0.1) is 0 Å². The summed E-state index contributed by atoms with van der Waals surface area (Å²) in [7, 11) is 0. The van der Waals surface area contributed by atoms with Gasteiger partial charge in [0.05, 0.1) is 25.1 Å². The van der Waals surface area contributed by atoms with Crippen molar-refractivity contribution in [3.8, 4) is 0 Å². The Bertz CT molecular complexity index is 344. The smallest absolute Gasteiger partial charge is 0.149 e. The molecule has 17 heavy (non-hydrogen) atoms. The molecule has 6 heteroatoms. The Morgan fingerprint density at radius 3 is 3.00 bits per heavy atom. The van der Waals surface area contributed by atoms with E-state index in [2.05, 4.69) is 20.6 Å². The molecule has 1 aliphatic heterocycles. The van der Waals surface area contributed by atoms with Crippen LogP contribution in [0.4, 0.5) is 5.82 Å². The van der Waals surface area contributed by atoms with Gasteiger partial charge in [0.2, 0.25) is 0 Å². The largest absolute Gasteiger partial charge is 0.376 e. The minimum atomic E-state index is 0.392. The highest BCUT2D eigenvalue weighted by Crippen LogP contribution is 2.08. The first-order valence-corrected chi connectivity index (χ1v) is 6.26. The van der Waals surface area contributed by atoms with E-state index in [1.165, 1.54) is 6.20 Å². The highest BCUT2D eigenvalue weighted by atomic mass is 35.5. The lowest BCUT2D eigenvalue weighted by molar-refractivity contribution is 0.0394. The molecule has 0 aromatic carbocycles. The summed E-state index contributed by atoms with van der Waals surface area (Å²) >= 11 is 5.73. The zero-order chi connectivity index (χ0) is 11.9. The van der Waals surface area contributed by atoms with Crippen molar-refractivity contribution < 1.29 is 4.74 Å². The van der Waals surface area contributed by atoms with Crippen LogP contribution in [0.15, 0.2) is 12.4 Å². The third-order valence-electron chi connectivity index (χ3n) is 2.65. The predicted molar refractivity (Wildman–Crippen MR) is 67.4 cm³/mol. The minimum Gasteiger partial charge on any atom is -0.376 e. The van der Waals surface area contributed by atoms with Crippen molar-refractivity contribution in [2.75, 3.05) is 31.6 Å². The second-order valence-corrected chi connectivity index (χ2v) is 4.36. The van der Waals surface area contributed by atoms with Gasteiger partial charge in [0.1, 0.15) is 11.0 Å². The van der Waals surface area contributed by atoms with Gasteiger partial charge in [-0.25, -0.2) is 4.98 Å². The number of hydrogen-bond acceptors (Lipinski definition) is 5. The van der Waals surface area contributed by atoms with Crippen molar-refractivity contribution in [1.29, 1.82) is 0 Å². The summed E-state index contributed by atoms with van der Waals surface area (Å²) in [5.41, 5.74) is 0. The fourth-order valence-corrected chi connectivity index (χ4v) is 1.94. The normalized spacial score (nSPS) is 17.0. The molecule has 0 spiro atoms. The van der Waals surface area contributed by atoms with E-state index in [1.54, 1.807) is 6.20 Å². The molecule has 0 atom stereocenters. The van der Waals surface area contributed by atoms with E-state index < -0.39 is 0 Å². The summed E-state index contributed by atoms with van der Waals surface area (Å²) < 4.78 is 5.75. The first-order valence-electron chi connectivity index (χ1n) is 5.88. The molecule has 0 saturated carbocycles. The summed E-state index contributed by atoms with van der Waals surface area (Å²) in [5.74, 6) is 0.686. The van der Waals surface area contributed by atoms with E-state index in [0.29, 0.717) is 23.7 Å². The Kier molecular flexibility index (Phi) is 4.97. The molecule has 94 valence electrons. The first kappa shape index (κ1) is 12.5. The monoisotopic (exact) mass is 256 g/mol. The molecule has 1 saturated heterocycles. The second-order valence-electron chi connectivity index (χ2n) is 3.97. The quantitative estimate of drug-likeness (QED) is 0.778. The Morgan fingerprint density at radius 1 is 1.41 bits per heavy atom. The van der Waals surface area contributed by atoms with E-state index in [-0.39, 0.29) is 0 Å². The lowest BCUT2D eigenvalue weighted by Crippen LogP contribution is -2.33. The van der Waals surface area contributed by atoms with Crippen molar-refractivity contribution >= 4 is 17.4 Å². The van der Waals surface area contributed by atoms with Gasteiger partial charge in [-0.3, -0.25) is 4.98 Å². The molecule has 1 aromatic heterocycles. The zero-order valence-corrected chi connectivity index (χ0v) is 10.4. The average Bonchev–Trinajstić information content (AvgIpc) is 2.36. The van der Waals surface area contributed by atoms with Gasteiger partial charge in [-0.15, -0.1) is 0 Å². The van der Waals surface area contributed by atoms with Crippen LogP contribution >= 0.6 is 11.6 Å². The van der Waals surface area contributed by atoms with E-state index >= 15 is 0 Å². The number of aromatic nitrogens is 2. The Labute approximate surface area is 106 Å². The second kappa shape index (κ2) is 6.74. The van der Waals surface area contributed by atoms with Crippen molar-refractivity contribution in [3.05, 3.63) is 17.5 Å². The van der Waals surface area contributed by atoms with Crippen LogP contribution in [-0.2, 0) is 4.74 Å². The molecule has 0 aliphatic carbocycles. The molecule has 0 radical (unpaired) electrons. The summed E-state index contributed by atoms with van der Waals surface area (Å²) in [6.07, 6.45) is 5.74. The maximum absolute atomic E-state index is 5.75. The molecule has 0 bridgehead atoms. The number of nitrogens with zero attached hydrogens (tertiary/aromatic N) is 2. The van der Waals surface area contributed by atoms with Gasteiger partial charge in [-0.1, -0.05) is 11.6 Å². The number of rotatable bonds is 5. The van der Waals surface area contributed by atoms with Crippen molar-refractivity contribution in [1.82, 2.24) is 15.3 Å². The summed E-state index contributed by atoms with van der Waals surface area (Å²) in [6.45, 7) is 3.51. The van der Waals surface area contributed by atoms with Crippen molar-refractivity contribution in [2.24, 2.45) is 0 Å². The summed E-state index contributed by atoms with van der Waals surface area (Å²) in [4.78, 5) is 8.03. The molecule has 1 aromatic rings. The maximum atomic E-state index is 5.75. The Morgan fingerprint density at radius 2 is 2.24 bits per heavy atom. The topological polar surface area (TPSA) is 59.1 Å². The minimum absolute atomic E-state index is 0.392. The fraction of sp³-hybridized carbons (Fsp3) is 0.636. The number of hydrogen-bond donors (Lipinski definition) is 2. The van der Waals surface area contributed by atoms with Gasteiger partial charge in [-0.05, 0) is 25.9 Å². The molecule has 1 fully saturated rings. The first-order chi connectivity index (χ1) is 8.34. The standard InChI is InChI=1S/C11H17ClN4O/c12-10-7-14-8-11(16-10)15-5-6-17-9-1-3-13-4-2-9/h7-9,13H,1-6H2,(H,15,16). The lowest BCUT2D eigenvalue weighted by atomic mass is 10.1. The molecule has 2 heterocycles. The fourth-order valence-electron chi connectivity index (χ4n) is 1.79. The number of piperidine rings is 1. The molecule has 0 amide bonds. The zero-order valence-electron chi connectivity index (χ0n) is 9.66. The SMILES string of the molecule is Clc1cncc(NCCOC2CCNCC2)n1. The highest BCUT2D eigenvalue weighted by Gasteiger charge is 2.12. The number of nitrogens with one attached hydrogen (secondary N) is 2.